The zero-order valence-corrected chi connectivity index (χ0v) is 20.2. The lowest BCUT2D eigenvalue weighted by molar-refractivity contribution is -0.146. The highest BCUT2D eigenvalue weighted by Crippen LogP contribution is 2.19. The minimum atomic E-state index is -1.74. The van der Waals surface area contributed by atoms with Gasteiger partial charge >= 0.3 is 11.9 Å². The summed E-state index contributed by atoms with van der Waals surface area (Å²) in [6.07, 6.45) is -0.761. The summed E-state index contributed by atoms with van der Waals surface area (Å²) < 4.78 is 0. The summed E-state index contributed by atoms with van der Waals surface area (Å²) in [7, 11) is 0. The predicted molar refractivity (Wildman–Crippen MR) is 131 cm³/mol. The maximum atomic E-state index is 13.2. The molecule has 0 bridgehead atoms. The normalized spacial score (nSPS) is 15.2. The van der Waals surface area contributed by atoms with Crippen LogP contribution in [0.3, 0.4) is 0 Å². The fraction of sp³-hybridized carbons (Fsp3) is 0.409. The second kappa shape index (κ2) is 12.9. The fourth-order valence-electron chi connectivity index (χ4n) is 3.39. The van der Waals surface area contributed by atoms with Crippen LogP contribution in [0.1, 0.15) is 18.9 Å². The molecule has 5 atom stereocenters. The Morgan fingerprint density at radius 2 is 1.61 bits per heavy atom. The number of hydrogen-bond acceptors (Lipinski definition) is 8. The fourth-order valence-corrected chi connectivity index (χ4v) is 3.56. The molecule has 9 N–H and O–H groups in total. The van der Waals surface area contributed by atoms with Crippen molar-refractivity contribution < 1.29 is 39.3 Å². The summed E-state index contributed by atoms with van der Waals surface area (Å²) in [5, 5.41) is 35.6. The monoisotopic (exact) mass is 523 g/mol. The highest BCUT2D eigenvalue weighted by molar-refractivity contribution is 7.80. The molecule has 0 saturated carbocycles. The number of amides is 3. The zero-order valence-electron chi connectivity index (χ0n) is 19.3. The van der Waals surface area contributed by atoms with Gasteiger partial charge in [-0.25, -0.2) is 4.79 Å². The molecule has 0 aliphatic rings. The molecule has 0 spiro atoms. The van der Waals surface area contributed by atoms with Crippen molar-refractivity contribution in [2.75, 3.05) is 5.75 Å². The molecule has 3 amide bonds. The first-order valence-electron chi connectivity index (χ1n) is 10.9. The molecular formula is C22H29N5O8S. The molecule has 13 nitrogen and oxygen atoms in total. The molecule has 0 aliphatic heterocycles. The number of aliphatic carboxylic acids is 2. The molecule has 1 aromatic carbocycles. The van der Waals surface area contributed by atoms with Crippen LogP contribution in [0.15, 0.2) is 30.5 Å². The molecule has 1 heterocycles. The third-order valence-electron chi connectivity index (χ3n) is 5.32. The summed E-state index contributed by atoms with van der Waals surface area (Å²) >= 11 is 3.97. The van der Waals surface area contributed by atoms with Crippen LogP contribution in [0.25, 0.3) is 10.9 Å². The van der Waals surface area contributed by atoms with E-state index in [1.165, 1.54) is 0 Å². The zero-order chi connectivity index (χ0) is 27.0. The molecule has 0 radical (unpaired) electrons. The van der Waals surface area contributed by atoms with Crippen LogP contribution in [0.4, 0.5) is 0 Å². The number of nitrogens with one attached hydrogen (secondary N) is 4. The third-order valence-corrected chi connectivity index (χ3v) is 5.72. The van der Waals surface area contributed by atoms with Crippen molar-refractivity contribution in [2.45, 2.75) is 50.0 Å². The summed E-state index contributed by atoms with van der Waals surface area (Å²) in [5.74, 6) is -5.73. The number of benzene rings is 1. The minimum Gasteiger partial charge on any atom is -0.481 e. The van der Waals surface area contributed by atoms with E-state index in [1.54, 1.807) is 18.3 Å². The van der Waals surface area contributed by atoms with Crippen LogP contribution in [0.5, 0.6) is 0 Å². The van der Waals surface area contributed by atoms with Crippen molar-refractivity contribution in [1.29, 1.82) is 0 Å². The number of carboxylic acid groups (broad SMARTS) is 2. The smallest absolute Gasteiger partial charge is 0.328 e. The lowest BCUT2D eigenvalue weighted by Gasteiger charge is -2.25. The van der Waals surface area contributed by atoms with Crippen LogP contribution >= 0.6 is 12.6 Å². The first-order valence-corrected chi connectivity index (χ1v) is 11.5. The predicted octanol–water partition coefficient (Wildman–Crippen LogP) is -1.64. The van der Waals surface area contributed by atoms with Crippen molar-refractivity contribution in [2.24, 2.45) is 5.73 Å². The number of carbonyl (C=O) groups is 5. The van der Waals surface area contributed by atoms with E-state index in [9.17, 15) is 39.3 Å². The van der Waals surface area contributed by atoms with E-state index in [1.807, 2.05) is 17.4 Å². The largest absolute Gasteiger partial charge is 0.481 e. The lowest BCUT2D eigenvalue weighted by Crippen LogP contribution is -2.59. The molecule has 0 saturated heterocycles. The standard InChI is InChI=1S/C22H29N5O8S/c1-10(28)18(22(34)35)27-21(33)16(7-17(29)30)26-20(32)15(25-19(31)13(23)9-36)6-11-8-24-14-5-3-2-4-12(11)14/h2-5,8,10,13,15-16,18,24,28,36H,6-7,9,23H2,1H3,(H,25,31)(H,26,32)(H,27,33)(H,29,30)(H,34,35). The average molecular weight is 524 g/mol. The van der Waals surface area contributed by atoms with E-state index in [2.05, 4.69) is 28.2 Å². The van der Waals surface area contributed by atoms with Crippen LogP contribution in [-0.2, 0) is 30.4 Å². The van der Waals surface area contributed by atoms with Gasteiger partial charge in [0.15, 0.2) is 6.04 Å². The Labute approximate surface area is 211 Å². The van der Waals surface area contributed by atoms with E-state index in [0.717, 1.165) is 17.8 Å². The average Bonchev–Trinajstić information content (AvgIpc) is 3.22. The van der Waals surface area contributed by atoms with Crippen LogP contribution in [-0.4, -0.2) is 86.0 Å². The van der Waals surface area contributed by atoms with Gasteiger partial charge in [-0.1, -0.05) is 18.2 Å². The minimum absolute atomic E-state index is 0.00672. The number of rotatable bonds is 13. The van der Waals surface area contributed by atoms with Crippen LogP contribution < -0.4 is 21.7 Å². The van der Waals surface area contributed by atoms with Gasteiger partial charge in [0.1, 0.15) is 12.1 Å². The lowest BCUT2D eigenvalue weighted by atomic mass is 10.0. The Morgan fingerprint density at radius 3 is 2.19 bits per heavy atom. The van der Waals surface area contributed by atoms with Gasteiger partial charge in [0.2, 0.25) is 17.7 Å². The number of aliphatic hydroxyl groups excluding tert-OH is 1. The van der Waals surface area contributed by atoms with Gasteiger partial charge in [-0.15, -0.1) is 0 Å². The van der Waals surface area contributed by atoms with Crippen molar-refractivity contribution in [3.05, 3.63) is 36.0 Å². The van der Waals surface area contributed by atoms with Gasteiger partial charge in [0.25, 0.3) is 0 Å². The number of nitrogens with two attached hydrogens (primary N) is 1. The second-order valence-electron chi connectivity index (χ2n) is 8.14. The molecule has 14 heteroatoms. The SMILES string of the molecule is CC(O)C(NC(=O)C(CC(=O)O)NC(=O)C(Cc1c[nH]c2ccccc12)NC(=O)C(N)CS)C(=O)O. The van der Waals surface area contributed by atoms with Gasteiger partial charge < -0.3 is 42.0 Å². The van der Waals surface area contributed by atoms with E-state index >= 15 is 0 Å². The van der Waals surface area contributed by atoms with Crippen LogP contribution in [0, 0.1) is 0 Å². The molecular weight excluding hydrogens is 494 g/mol. The van der Waals surface area contributed by atoms with Gasteiger partial charge in [0, 0.05) is 29.3 Å². The number of thiol groups is 1. The number of aromatic amines is 1. The van der Waals surface area contributed by atoms with E-state index in [0.29, 0.717) is 5.56 Å². The molecule has 2 rings (SSSR count). The number of para-hydroxylation sites is 1. The Kier molecular flexibility index (Phi) is 10.3. The van der Waals surface area contributed by atoms with Crippen molar-refractivity contribution in [1.82, 2.24) is 20.9 Å². The topological polar surface area (TPSA) is 224 Å². The van der Waals surface area contributed by atoms with E-state index < -0.39 is 66.4 Å². The van der Waals surface area contributed by atoms with Gasteiger partial charge in [-0.05, 0) is 18.6 Å². The van der Waals surface area contributed by atoms with Crippen molar-refractivity contribution >= 4 is 53.2 Å². The molecule has 2 aromatic rings. The summed E-state index contributed by atoms with van der Waals surface area (Å²) in [6, 6.07) is 1.49. The number of aliphatic hydroxyl groups is 1. The van der Waals surface area contributed by atoms with Crippen LogP contribution in [0.2, 0.25) is 0 Å². The highest BCUT2D eigenvalue weighted by Gasteiger charge is 2.33. The molecule has 196 valence electrons. The van der Waals surface area contributed by atoms with Gasteiger partial charge in [-0.2, -0.15) is 12.6 Å². The summed E-state index contributed by atoms with van der Waals surface area (Å²) in [6.45, 7) is 1.13. The number of carbonyl (C=O) groups excluding carboxylic acids is 3. The highest BCUT2D eigenvalue weighted by atomic mass is 32.1. The van der Waals surface area contributed by atoms with Gasteiger partial charge in [-0.3, -0.25) is 19.2 Å². The maximum absolute atomic E-state index is 13.2. The first-order chi connectivity index (χ1) is 16.9. The quantitative estimate of drug-likeness (QED) is 0.137. The Balaban J connectivity index is 2.30. The summed E-state index contributed by atoms with van der Waals surface area (Å²) in [4.78, 5) is 63.9. The van der Waals surface area contributed by atoms with E-state index in [-0.39, 0.29) is 12.2 Å². The first kappa shape index (κ1) is 28.6. The number of carboxylic acids is 2. The van der Waals surface area contributed by atoms with Gasteiger partial charge in [0.05, 0.1) is 18.6 Å². The number of fused-ring (bicyclic) bond motifs is 1. The van der Waals surface area contributed by atoms with Crippen molar-refractivity contribution in [3.63, 3.8) is 0 Å². The number of aromatic nitrogens is 1. The molecule has 0 aliphatic carbocycles. The molecule has 0 fully saturated rings. The second-order valence-corrected chi connectivity index (χ2v) is 8.50. The molecule has 1 aromatic heterocycles. The Bertz CT molecular complexity index is 1120. The van der Waals surface area contributed by atoms with Crippen molar-refractivity contribution in [3.8, 4) is 0 Å². The molecule has 36 heavy (non-hydrogen) atoms. The number of H-pyrrole nitrogens is 1. The third kappa shape index (κ3) is 7.69. The number of hydrogen-bond donors (Lipinski definition) is 9. The van der Waals surface area contributed by atoms with E-state index in [4.69, 9.17) is 5.73 Å². The maximum Gasteiger partial charge on any atom is 0.328 e. The summed E-state index contributed by atoms with van der Waals surface area (Å²) in [5.41, 5.74) is 7.15. The Morgan fingerprint density at radius 1 is 1.00 bits per heavy atom. The Hall–Kier alpha value is -3.62. The molecule has 5 unspecified atom stereocenters.